The van der Waals surface area contributed by atoms with Gasteiger partial charge < -0.3 is 9.30 Å². The van der Waals surface area contributed by atoms with E-state index in [1.807, 2.05) is 32.9 Å². The standard InChI is InChI=1S/C20H23N5O3/c1-13-8-17(15(3)25(13)14(2)12-28-4)9-18(10-21)20(27)24-23-19(26)16-6-5-7-22-11-16/h5-9,11,14H,12H2,1-4H3,(H,23,26)(H,24,27)/b18-9-. The van der Waals surface area contributed by atoms with E-state index in [0.717, 1.165) is 17.0 Å². The number of nitriles is 1. The summed E-state index contributed by atoms with van der Waals surface area (Å²) in [6, 6.07) is 7.06. The molecule has 8 nitrogen and oxygen atoms in total. The predicted octanol–water partition coefficient (Wildman–Crippen LogP) is 2.08. The first-order valence-corrected chi connectivity index (χ1v) is 8.68. The highest BCUT2D eigenvalue weighted by atomic mass is 16.5. The van der Waals surface area contributed by atoms with Crippen LogP contribution < -0.4 is 10.9 Å². The van der Waals surface area contributed by atoms with Crippen LogP contribution in [0.15, 0.2) is 36.2 Å². The number of methoxy groups -OCH3 is 1. The highest BCUT2D eigenvalue weighted by Crippen LogP contribution is 2.22. The SMILES string of the molecule is COCC(C)n1c(C)cc(/C=C(/C#N)C(=O)NNC(=O)c2cccnc2)c1C. The average molecular weight is 381 g/mol. The van der Waals surface area contributed by atoms with Crippen LogP contribution in [0.25, 0.3) is 6.08 Å². The van der Waals surface area contributed by atoms with Gasteiger partial charge in [0.05, 0.1) is 18.2 Å². The maximum Gasteiger partial charge on any atom is 0.280 e. The smallest absolute Gasteiger partial charge is 0.280 e. The molecule has 0 bridgehead atoms. The number of carbonyl (C=O) groups excluding carboxylic acids is 2. The number of rotatable bonds is 6. The minimum atomic E-state index is -0.700. The summed E-state index contributed by atoms with van der Waals surface area (Å²) < 4.78 is 7.30. The van der Waals surface area contributed by atoms with Crippen LogP contribution in [-0.2, 0) is 9.53 Å². The first kappa shape index (κ1) is 20.9. The molecule has 0 saturated heterocycles. The zero-order chi connectivity index (χ0) is 20.7. The van der Waals surface area contributed by atoms with Crippen LogP contribution in [0.1, 0.15) is 40.3 Å². The van der Waals surface area contributed by atoms with Crippen molar-refractivity contribution in [2.45, 2.75) is 26.8 Å². The number of aryl methyl sites for hydroxylation is 1. The van der Waals surface area contributed by atoms with Gasteiger partial charge in [0.15, 0.2) is 0 Å². The van der Waals surface area contributed by atoms with E-state index in [2.05, 4.69) is 20.4 Å². The fraction of sp³-hybridized carbons (Fsp3) is 0.300. The van der Waals surface area contributed by atoms with E-state index in [1.165, 1.54) is 18.5 Å². The van der Waals surface area contributed by atoms with Crippen molar-refractivity contribution < 1.29 is 14.3 Å². The molecule has 8 heteroatoms. The Balaban J connectivity index is 2.15. The lowest BCUT2D eigenvalue weighted by atomic mass is 10.1. The number of nitrogens with one attached hydrogen (secondary N) is 2. The number of nitrogens with zero attached hydrogens (tertiary/aromatic N) is 3. The molecular weight excluding hydrogens is 358 g/mol. The summed E-state index contributed by atoms with van der Waals surface area (Å²) >= 11 is 0. The summed E-state index contributed by atoms with van der Waals surface area (Å²) in [6.07, 6.45) is 4.42. The molecule has 0 aliphatic rings. The average Bonchev–Trinajstić information content (AvgIpc) is 2.97. The predicted molar refractivity (Wildman–Crippen MR) is 104 cm³/mol. The molecule has 2 rings (SSSR count). The summed E-state index contributed by atoms with van der Waals surface area (Å²) in [6.45, 7) is 6.45. The summed E-state index contributed by atoms with van der Waals surface area (Å²) in [5, 5.41) is 9.37. The molecule has 0 aliphatic heterocycles. The lowest BCUT2D eigenvalue weighted by molar-refractivity contribution is -0.117. The van der Waals surface area contributed by atoms with E-state index in [9.17, 15) is 14.9 Å². The van der Waals surface area contributed by atoms with Crippen molar-refractivity contribution in [2.24, 2.45) is 0 Å². The van der Waals surface area contributed by atoms with Crippen molar-refractivity contribution in [2.75, 3.05) is 13.7 Å². The normalized spacial score (nSPS) is 12.2. The van der Waals surface area contributed by atoms with Gasteiger partial charge in [0.1, 0.15) is 11.6 Å². The van der Waals surface area contributed by atoms with Gasteiger partial charge in [0.25, 0.3) is 11.8 Å². The van der Waals surface area contributed by atoms with Crippen molar-refractivity contribution in [1.82, 2.24) is 20.4 Å². The third-order valence-corrected chi connectivity index (χ3v) is 4.25. The topological polar surface area (TPSA) is 109 Å². The van der Waals surface area contributed by atoms with E-state index < -0.39 is 11.8 Å². The van der Waals surface area contributed by atoms with E-state index in [4.69, 9.17) is 4.74 Å². The van der Waals surface area contributed by atoms with Crippen molar-refractivity contribution in [3.63, 3.8) is 0 Å². The molecular formula is C20H23N5O3. The van der Waals surface area contributed by atoms with Gasteiger partial charge in [-0.2, -0.15) is 5.26 Å². The monoisotopic (exact) mass is 381 g/mol. The minimum absolute atomic E-state index is 0.116. The third-order valence-electron chi connectivity index (χ3n) is 4.25. The Morgan fingerprint density at radius 3 is 2.75 bits per heavy atom. The van der Waals surface area contributed by atoms with E-state index >= 15 is 0 Å². The van der Waals surface area contributed by atoms with Crippen molar-refractivity contribution >= 4 is 17.9 Å². The molecule has 1 atom stereocenters. The minimum Gasteiger partial charge on any atom is -0.383 e. The number of hydrogen-bond acceptors (Lipinski definition) is 5. The highest BCUT2D eigenvalue weighted by Gasteiger charge is 2.16. The number of hydrogen-bond donors (Lipinski definition) is 2. The second-order valence-electron chi connectivity index (χ2n) is 6.32. The Morgan fingerprint density at radius 1 is 1.39 bits per heavy atom. The van der Waals surface area contributed by atoms with E-state index in [-0.39, 0.29) is 11.6 Å². The van der Waals surface area contributed by atoms with Gasteiger partial charge in [-0.15, -0.1) is 0 Å². The molecule has 2 aromatic heterocycles. The molecule has 0 aliphatic carbocycles. The number of pyridine rings is 1. The van der Waals surface area contributed by atoms with Crippen molar-refractivity contribution in [1.29, 1.82) is 5.26 Å². The lowest BCUT2D eigenvalue weighted by Gasteiger charge is -2.17. The molecule has 0 fully saturated rings. The van der Waals surface area contributed by atoms with Crippen LogP contribution in [0, 0.1) is 25.2 Å². The fourth-order valence-corrected chi connectivity index (χ4v) is 3.00. The summed E-state index contributed by atoms with van der Waals surface area (Å²) in [5.41, 5.74) is 7.37. The largest absolute Gasteiger partial charge is 0.383 e. The van der Waals surface area contributed by atoms with Gasteiger partial charge >= 0.3 is 0 Å². The third kappa shape index (κ3) is 4.84. The van der Waals surface area contributed by atoms with Crippen molar-refractivity contribution in [3.8, 4) is 6.07 Å². The van der Waals surface area contributed by atoms with Crippen LogP contribution >= 0.6 is 0 Å². The molecule has 0 saturated carbocycles. The van der Waals surface area contributed by atoms with E-state index in [0.29, 0.717) is 12.2 Å². The Bertz CT molecular complexity index is 925. The van der Waals surface area contributed by atoms with E-state index in [1.54, 1.807) is 19.2 Å². The Labute approximate surface area is 163 Å². The first-order chi connectivity index (χ1) is 13.4. The van der Waals surface area contributed by atoms with Crippen LogP contribution in [0.4, 0.5) is 0 Å². The Hall–Kier alpha value is -3.44. The molecule has 2 N–H and O–H groups in total. The zero-order valence-corrected chi connectivity index (χ0v) is 16.3. The van der Waals surface area contributed by atoms with Crippen LogP contribution in [0.3, 0.4) is 0 Å². The Kier molecular flexibility index (Phi) is 7.07. The maximum atomic E-state index is 12.3. The van der Waals surface area contributed by atoms with Gasteiger partial charge in [-0.1, -0.05) is 0 Å². The van der Waals surface area contributed by atoms with Gasteiger partial charge in [0, 0.05) is 30.9 Å². The van der Waals surface area contributed by atoms with Gasteiger partial charge in [0.2, 0.25) is 0 Å². The van der Waals surface area contributed by atoms with Gasteiger partial charge in [-0.05, 0) is 50.6 Å². The summed E-state index contributed by atoms with van der Waals surface area (Å²) in [7, 11) is 1.64. The number of amides is 2. The molecule has 28 heavy (non-hydrogen) atoms. The molecule has 0 spiro atoms. The molecule has 2 amide bonds. The maximum absolute atomic E-state index is 12.3. The number of hydrazine groups is 1. The molecule has 1 unspecified atom stereocenters. The quantitative estimate of drug-likeness (QED) is 0.452. The second kappa shape index (κ2) is 9.48. The van der Waals surface area contributed by atoms with Crippen molar-refractivity contribution in [3.05, 3.63) is 58.7 Å². The van der Waals surface area contributed by atoms with Gasteiger partial charge in [-0.3, -0.25) is 25.4 Å². The molecule has 0 radical (unpaired) electrons. The van der Waals surface area contributed by atoms with Gasteiger partial charge in [-0.25, -0.2) is 0 Å². The molecule has 146 valence electrons. The summed E-state index contributed by atoms with van der Waals surface area (Å²) in [5.74, 6) is -1.22. The number of ether oxygens (including phenoxy) is 1. The number of carbonyl (C=O) groups is 2. The fourth-order valence-electron chi connectivity index (χ4n) is 3.00. The number of aromatic nitrogens is 2. The summed E-state index contributed by atoms with van der Waals surface area (Å²) in [4.78, 5) is 28.1. The lowest BCUT2D eigenvalue weighted by Crippen LogP contribution is -2.42. The molecule has 2 heterocycles. The van der Waals surface area contributed by atoms with Crippen LogP contribution in [-0.4, -0.2) is 35.1 Å². The Morgan fingerprint density at radius 2 is 2.14 bits per heavy atom. The zero-order valence-electron chi connectivity index (χ0n) is 16.3. The highest BCUT2D eigenvalue weighted by molar-refractivity contribution is 6.03. The second-order valence-corrected chi connectivity index (χ2v) is 6.32. The molecule has 0 aromatic carbocycles. The van der Waals surface area contributed by atoms with Crippen LogP contribution in [0.5, 0.6) is 0 Å². The molecule has 2 aromatic rings. The van der Waals surface area contributed by atoms with Crippen LogP contribution in [0.2, 0.25) is 0 Å². The first-order valence-electron chi connectivity index (χ1n) is 8.68.